The lowest BCUT2D eigenvalue weighted by Crippen LogP contribution is -2.02. The van der Waals surface area contributed by atoms with Crippen LogP contribution in [-0.2, 0) is 0 Å². The second-order valence-corrected chi connectivity index (χ2v) is 5.33. The molecule has 0 aliphatic rings. The molecule has 1 heterocycles. The van der Waals surface area contributed by atoms with Gasteiger partial charge < -0.3 is 4.57 Å². The van der Waals surface area contributed by atoms with Crippen LogP contribution < -0.4 is 0 Å². The van der Waals surface area contributed by atoms with E-state index in [0.29, 0.717) is 29.8 Å². The maximum atomic E-state index is 14.0. The van der Waals surface area contributed by atoms with E-state index in [2.05, 4.69) is 6.07 Å². The summed E-state index contributed by atoms with van der Waals surface area (Å²) in [6, 6.07) is 9.94. The fraction of sp³-hybridized carbons (Fsp3) is 0.211. The average Bonchev–Trinajstić information content (AvgIpc) is 2.88. The van der Waals surface area contributed by atoms with Crippen molar-refractivity contribution in [2.24, 2.45) is 0 Å². The first-order chi connectivity index (χ1) is 11.5. The molecule has 0 amide bonds. The Hall–Kier alpha value is -3.18. The van der Waals surface area contributed by atoms with Gasteiger partial charge in [-0.15, -0.1) is 0 Å². The molecule has 1 aromatic carbocycles. The number of carbonyl (C=O) groups is 1. The molecule has 0 saturated carbocycles. The zero-order valence-electron chi connectivity index (χ0n) is 13.5. The van der Waals surface area contributed by atoms with Gasteiger partial charge in [-0.25, -0.2) is 4.39 Å². The van der Waals surface area contributed by atoms with E-state index in [1.54, 1.807) is 29.7 Å². The lowest BCUT2D eigenvalue weighted by molar-refractivity contribution is 0.101. The summed E-state index contributed by atoms with van der Waals surface area (Å²) in [6.45, 7) is 3.27. The van der Waals surface area contributed by atoms with Gasteiger partial charge in [0.05, 0.1) is 11.6 Å². The molecule has 1 aromatic heterocycles. The first kappa shape index (κ1) is 17.2. The number of hydrogen-bond donors (Lipinski definition) is 0. The third-order valence-electron chi connectivity index (χ3n) is 3.70. The van der Waals surface area contributed by atoms with Crippen LogP contribution in [0.25, 0.3) is 11.8 Å². The highest BCUT2D eigenvalue weighted by Crippen LogP contribution is 2.24. The summed E-state index contributed by atoms with van der Waals surface area (Å²) >= 11 is 0. The highest BCUT2D eigenvalue weighted by molar-refractivity contribution is 5.96. The maximum Gasteiger partial charge on any atom is 0.161 e. The van der Waals surface area contributed by atoms with Gasteiger partial charge in [0.2, 0.25) is 0 Å². The smallest absolute Gasteiger partial charge is 0.161 e. The fourth-order valence-electron chi connectivity index (χ4n) is 2.54. The minimum atomic E-state index is -0.605. The number of nitriles is 2. The Morgan fingerprint density at radius 3 is 2.67 bits per heavy atom. The van der Waals surface area contributed by atoms with Gasteiger partial charge in [-0.05, 0) is 50.6 Å². The first-order valence-corrected chi connectivity index (χ1v) is 7.46. The van der Waals surface area contributed by atoms with Crippen molar-refractivity contribution < 1.29 is 9.18 Å². The van der Waals surface area contributed by atoms with Crippen LogP contribution in [0.2, 0.25) is 0 Å². The Morgan fingerprint density at radius 2 is 2.08 bits per heavy atom. The summed E-state index contributed by atoms with van der Waals surface area (Å²) in [5.74, 6) is -0.682. The number of nitrogens with zero attached hydrogens (tertiary/aromatic N) is 3. The molecule has 0 fully saturated rings. The predicted molar refractivity (Wildman–Crippen MR) is 89.1 cm³/mol. The number of hydrogen-bond acceptors (Lipinski definition) is 3. The van der Waals surface area contributed by atoms with E-state index in [9.17, 15) is 9.18 Å². The maximum absolute atomic E-state index is 14.0. The number of unbranched alkanes of at least 4 members (excludes halogenated alkanes) is 1. The minimum absolute atomic E-state index is 0.0264. The summed E-state index contributed by atoms with van der Waals surface area (Å²) in [6.07, 6.45) is 4.66. The molecular formula is C19H16FN3O. The second-order valence-electron chi connectivity index (χ2n) is 5.33. The summed E-state index contributed by atoms with van der Waals surface area (Å²) in [4.78, 5) is 11.8. The van der Waals surface area contributed by atoms with E-state index in [0.717, 1.165) is 5.69 Å². The van der Waals surface area contributed by atoms with Gasteiger partial charge in [0.1, 0.15) is 11.9 Å². The number of ketones is 1. The number of halogens is 1. The van der Waals surface area contributed by atoms with Gasteiger partial charge >= 0.3 is 0 Å². The molecular weight excluding hydrogens is 305 g/mol. The number of benzene rings is 1. The van der Waals surface area contributed by atoms with Gasteiger partial charge in [0.15, 0.2) is 5.78 Å². The minimum Gasteiger partial charge on any atom is -0.314 e. The lowest BCUT2D eigenvalue weighted by Gasteiger charge is -2.10. The van der Waals surface area contributed by atoms with Crippen LogP contribution in [0.4, 0.5) is 4.39 Å². The van der Waals surface area contributed by atoms with Crippen LogP contribution >= 0.6 is 0 Å². The van der Waals surface area contributed by atoms with E-state index in [-0.39, 0.29) is 11.3 Å². The molecule has 0 aliphatic heterocycles. The van der Waals surface area contributed by atoms with Gasteiger partial charge in [-0.1, -0.05) is 6.08 Å². The molecule has 5 heteroatoms. The number of Topliss-reactive ketones (excluding diaryl/α,β-unsaturated/α-hetero) is 1. The standard InChI is InChI=1S/C19H16FN3O/c1-13-18(14(2)24)10-16(6-4-3-5-9-21)23(13)17-8-7-15(12-22)19(20)11-17/h4,6-8,10-11H,3,5H2,1-2H3. The molecule has 2 aromatic rings. The molecule has 4 nitrogen and oxygen atoms in total. The molecule has 0 radical (unpaired) electrons. The molecule has 0 saturated heterocycles. The van der Waals surface area contributed by atoms with Crippen molar-refractivity contribution in [3.8, 4) is 17.8 Å². The fourth-order valence-corrected chi connectivity index (χ4v) is 2.54. The summed E-state index contributed by atoms with van der Waals surface area (Å²) in [5, 5.41) is 17.4. The summed E-state index contributed by atoms with van der Waals surface area (Å²) in [5.41, 5.74) is 2.49. The van der Waals surface area contributed by atoms with E-state index in [1.165, 1.54) is 19.1 Å². The molecule has 0 bridgehead atoms. The first-order valence-electron chi connectivity index (χ1n) is 7.46. The van der Waals surface area contributed by atoms with Crippen molar-refractivity contribution in [1.29, 1.82) is 10.5 Å². The zero-order chi connectivity index (χ0) is 17.7. The van der Waals surface area contributed by atoms with E-state index in [4.69, 9.17) is 10.5 Å². The third kappa shape index (κ3) is 3.42. The van der Waals surface area contributed by atoms with Crippen LogP contribution in [0.5, 0.6) is 0 Å². The van der Waals surface area contributed by atoms with Gasteiger partial charge in [0.25, 0.3) is 0 Å². The van der Waals surface area contributed by atoms with Crippen molar-refractivity contribution in [3.05, 3.63) is 58.7 Å². The summed E-state index contributed by atoms with van der Waals surface area (Å²) in [7, 11) is 0. The Kier molecular flexibility index (Phi) is 5.29. The van der Waals surface area contributed by atoms with Gasteiger partial charge in [-0.2, -0.15) is 10.5 Å². The van der Waals surface area contributed by atoms with Crippen LogP contribution in [0.15, 0.2) is 30.3 Å². The molecule has 24 heavy (non-hydrogen) atoms. The van der Waals surface area contributed by atoms with E-state index in [1.807, 2.05) is 12.2 Å². The van der Waals surface area contributed by atoms with Crippen molar-refractivity contribution in [3.63, 3.8) is 0 Å². The molecule has 0 atom stereocenters. The SMILES string of the molecule is CC(=O)c1cc(C=CCCC#N)n(-c2ccc(C#N)c(F)c2)c1C. The Morgan fingerprint density at radius 1 is 1.33 bits per heavy atom. The molecule has 0 aliphatic carbocycles. The largest absolute Gasteiger partial charge is 0.314 e. The summed E-state index contributed by atoms with van der Waals surface area (Å²) < 4.78 is 15.7. The number of rotatable bonds is 5. The molecule has 0 spiro atoms. The number of aromatic nitrogens is 1. The average molecular weight is 321 g/mol. The van der Waals surface area contributed by atoms with Crippen molar-refractivity contribution in [2.75, 3.05) is 0 Å². The normalized spacial score (nSPS) is 10.5. The van der Waals surface area contributed by atoms with Crippen LogP contribution in [-0.4, -0.2) is 10.4 Å². The van der Waals surface area contributed by atoms with Crippen LogP contribution in [0.1, 0.15) is 47.1 Å². The monoisotopic (exact) mass is 321 g/mol. The quantitative estimate of drug-likeness (QED) is 0.608. The topological polar surface area (TPSA) is 69.6 Å². The predicted octanol–water partition coefficient (Wildman–Crippen LogP) is 4.32. The van der Waals surface area contributed by atoms with Crippen molar-refractivity contribution >= 4 is 11.9 Å². The number of allylic oxidation sites excluding steroid dienone is 1. The van der Waals surface area contributed by atoms with E-state index < -0.39 is 5.82 Å². The Labute approximate surface area is 140 Å². The second kappa shape index (κ2) is 7.39. The van der Waals surface area contributed by atoms with Gasteiger partial charge in [0, 0.05) is 29.1 Å². The number of carbonyl (C=O) groups excluding carboxylic acids is 1. The van der Waals surface area contributed by atoms with Crippen molar-refractivity contribution in [1.82, 2.24) is 4.57 Å². The highest BCUT2D eigenvalue weighted by Gasteiger charge is 2.15. The third-order valence-corrected chi connectivity index (χ3v) is 3.70. The van der Waals surface area contributed by atoms with Gasteiger partial charge in [-0.3, -0.25) is 4.79 Å². The lowest BCUT2D eigenvalue weighted by atomic mass is 10.2. The van der Waals surface area contributed by atoms with E-state index >= 15 is 0 Å². The van der Waals surface area contributed by atoms with Crippen LogP contribution in [0.3, 0.4) is 0 Å². The highest BCUT2D eigenvalue weighted by atomic mass is 19.1. The Bertz CT molecular complexity index is 895. The molecule has 120 valence electrons. The Balaban J connectivity index is 2.57. The zero-order valence-corrected chi connectivity index (χ0v) is 13.5. The molecule has 0 N–H and O–H groups in total. The van der Waals surface area contributed by atoms with Crippen LogP contribution in [0, 0.1) is 35.4 Å². The molecule has 2 rings (SSSR count). The van der Waals surface area contributed by atoms with Crippen molar-refractivity contribution in [2.45, 2.75) is 26.7 Å². The molecule has 0 unspecified atom stereocenters.